The molecule has 0 saturated heterocycles. The van der Waals surface area contributed by atoms with Gasteiger partial charge >= 0.3 is 0 Å². The van der Waals surface area contributed by atoms with Gasteiger partial charge in [-0.25, -0.2) is 0 Å². The fraction of sp³-hybridized carbons (Fsp3) is 0.565. The molecule has 0 aromatic carbocycles. The standard InChI is InChI=1S/C23H38O3/c1-3-5-7-10-14-17-21(24)18-15-11-8-9-12-16-20-23(26)22(25)19-13-6-4-2/h6,9-10,12-16,18,20-26H,3-5,7-8,11,17,19H2,1-2H3/b12-9+,13-6-,14-10-,18-15+,20-16+/t21-,22-,23+/m0/s1. The Balaban J connectivity index is 3.85. The van der Waals surface area contributed by atoms with Crippen LogP contribution >= 0.6 is 0 Å². The molecule has 148 valence electrons. The van der Waals surface area contributed by atoms with Crippen molar-refractivity contribution in [1.82, 2.24) is 0 Å². The smallest absolute Gasteiger partial charge is 0.0986 e. The number of unbranched alkanes of at least 4 members (excludes halogenated alkanes) is 3. The normalized spacial score (nSPS) is 16.7. The molecule has 26 heavy (non-hydrogen) atoms. The molecule has 0 rings (SSSR count). The van der Waals surface area contributed by atoms with Crippen molar-refractivity contribution < 1.29 is 15.3 Å². The third kappa shape index (κ3) is 16.1. The third-order valence-corrected chi connectivity index (χ3v) is 3.86. The number of allylic oxidation sites excluding steroid dienone is 6. The van der Waals surface area contributed by atoms with Gasteiger partial charge in [-0.1, -0.05) is 87.4 Å². The van der Waals surface area contributed by atoms with Crippen LogP contribution in [0.5, 0.6) is 0 Å². The molecule has 0 amide bonds. The zero-order valence-electron chi connectivity index (χ0n) is 16.5. The van der Waals surface area contributed by atoms with Gasteiger partial charge in [-0.3, -0.25) is 0 Å². The van der Waals surface area contributed by atoms with Crippen molar-refractivity contribution in [2.75, 3.05) is 0 Å². The summed E-state index contributed by atoms with van der Waals surface area (Å²) in [4.78, 5) is 0. The summed E-state index contributed by atoms with van der Waals surface area (Å²) in [5.74, 6) is 0. The Hall–Kier alpha value is -1.42. The molecule has 3 heteroatoms. The maximum absolute atomic E-state index is 9.81. The Morgan fingerprint density at radius 1 is 0.692 bits per heavy atom. The molecule has 0 aliphatic heterocycles. The maximum atomic E-state index is 9.81. The Morgan fingerprint density at radius 3 is 2.15 bits per heavy atom. The number of hydrogen-bond acceptors (Lipinski definition) is 3. The van der Waals surface area contributed by atoms with Gasteiger partial charge in [-0.15, -0.1) is 0 Å². The van der Waals surface area contributed by atoms with E-state index in [9.17, 15) is 15.3 Å². The summed E-state index contributed by atoms with van der Waals surface area (Å²) < 4.78 is 0. The molecule has 0 bridgehead atoms. The van der Waals surface area contributed by atoms with Gasteiger partial charge in [0.05, 0.1) is 18.3 Å². The van der Waals surface area contributed by atoms with Gasteiger partial charge in [0.2, 0.25) is 0 Å². The molecule has 0 aliphatic carbocycles. The number of rotatable bonds is 15. The van der Waals surface area contributed by atoms with E-state index in [4.69, 9.17) is 0 Å². The van der Waals surface area contributed by atoms with Gasteiger partial charge in [-0.05, 0) is 38.5 Å². The summed E-state index contributed by atoms with van der Waals surface area (Å²) in [5, 5.41) is 29.4. The molecule has 0 fully saturated rings. The van der Waals surface area contributed by atoms with Crippen LogP contribution in [0, 0.1) is 0 Å². The zero-order chi connectivity index (χ0) is 19.5. The number of aliphatic hydroxyl groups excluding tert-OH is 3. The lowest BCUT2D eigenvalue weighted by Crippen LogP contribution is -2.22. The second-order valence-electron chi connectivity index (χ2n) is 6.41. The first-order valence-electron chi connectivity index (χ1n) is 9.95. The molecule has 0 aromatic rings. The minimum Gasteiger partial charge on any atom is -0.390 e. The molecule has 0 spiro atoms. The van der Waals surface area contributed by atoms with E-state index in [0.717, 1.165) is 25.7 Å². The van der Waals surface area contributed by atoms with Crippen LogP contribution in [0.15, 0.2) is 60.8 Å². The molecule has 0 unspecified atom stereocenters. The Kier molecular flexibility index (Phi) is 17.4. The monoisotopic (exact) mass is 362 g/mol. The Morgan fingerprint density at radius 2 is 1.42 bits per heavy atom. The number of hydrogen-bond donors (Lipinski definition) is 3. The molecule has 3 atom stereocenters. The first-order chi connectivity index (χ1) is 12.6. The zero-order valence-corrected chi connectivity index (χ0v) is 16.5. The molecule has 0 saturated carbocycles. The summed E-state index contributed by atoms with van der Waals surface area (Å²) in [7, 11) is 0. The van der Waals surface area contributed by atoms with Crippen molar-refractivity contribution in [3.05, 3.63) is 60.8 Å². The molecule has 0 aliphatic rings. The molecule has 0 aromatic heterocycles. The van der Waals surface area contributed by atoms with E-state index in [0.29, 0.717) is 12.8 Å². The highest BCUT2D eigenvalue weighted by Crippen LogP contribution is 2.04. The van der Waals surface area contributed by atoms with Gasteiger partial charge < -0.3 is 15.3 Å². The van der Waals surface area contributed by atoms with Crippen LogP contribution in [-0.4, -0.2) is 33.6 Å². The number of aliphatic hydroxyl groups is 3. The minimum absolute atomic E-state index is 0.407. The highest BCUT2D eigenvalue weighted by atomic mass is 16.3. The third-order valence-electron chi connectivity index (χ3n) is 3.86. The Labute approximate surface area is 160 Å². The van der Waals surface area contributed by atoms with Crippen molar-refractivity contribution >= 4 is 0 Å². The van der Waals surface area contributed by atoms with Gasteiger partial charge in [0.15, 0.2) is 0 Å². The van der Waals surface area contributed by atoms with Gasteiger partial charge in [0.25, 0.3) is 0 Å². The topological polar surface area (TPSA) is 60.7 Å². The van der Waals surface area contributed by atoms with Gasteiger partial charge in [-0.2, -0.15) is 0 Å². The van der Waals surface area contributed by atoms with Crippen molar-refractivity contribution in [2.24, 2.45) is 0 Å². The minimum atomic E-state index is -0.846. The molecular weight excluding hydrogens is 324 g/mol. The lowest BCUT2D eigenvalue weighted by molar-refractivity contribution is 0.0511. The maximum Gasteiger partial charge on any atom is 0.0986 e. The van der Waals surface area contributed by atoms with Crippen molar-refractivity contribution in [2.45, 2.75) is 83.5 Å². The van der Waals surface area contributed by atoms with Crippen molar-refractivity contribution in [3.8, 4) is 0 Å². The van der Waals surface area contributed by atoms with Crippen LogP contribution in [0.4, 0.5) is 0 Å². The van der Waals surface area contributed by atoms with Crippen LogP contribution in [-0.2, 0) is 0 Å². The second kappa shape index (κ2) is 18.4. The predicted molar refractivity (Wildman–Crippen MR) is 112 cm³/mol. The Bertz CT molecular complexity index is 446. The molecular formula is C23H38O3. The average Bonchev–Trinajstić information content (AvgIpc) is 2.63. The van der Waals surface area contributed by atoms with E-state index in [1.54, 1.807) is 12.2 Å². The van der Waals surface area contributed by atoms with E-state index in [1.165, 1.54) is 12.8 Å². The lowest BCUT2D eigenvalue weighted by Gasteiger charge is -2.11. The summed E-state index contributed by atoms with van der Waals surface area (Å²) in [6, 6.07) is 0. The van der Waals surface area contributed by atoms with E-state index >= 15 is 0 Å². The molecule has 0 heterocycles. The molecule has 0 radical (unpaired) electrons. The second-order valence-corrected chi connectivity index (χ2v) is 6.41. The fourth-order valence-corrected chi connectivity index (χ4v) is 2.22. The van der Waals surface area contributed by atoms with E-state index in [2.05, 4.69) is 13.0 Å². The molecule has 3 N–H and O–H groups in total. The van der Waals surface area contributed by atoms with E-state index in [1.807, 2.05) is 49.5 Å². The first kappa shape index (κ1) is 24.6. The van der Waals surface area contributed by atoms with Gasteiger partial charge in [0.1, 0.15) is 0 Å². The van der Waals surface area contributed by atoms with Crippen molar-refractivity contribution in [1.29, 1.82) is 0 Å². The summed E-state index contributed by atoms with van der Waals surface area (Å²) in [6.07, 6.45) is 24.4. The van der Waals surface area contributed by atoms with Gasteiger partial charge in [0, 0.05) is 0 Å². The van der Waals surface area contributed by atoms with Crippen LogP contribution in [0.1, 0.15) is 65.2 Å². The first-order valence-corrected chi connectivity index (χ1v) is 9.95. The van der Waals surface area contributed by atoms with Crippen LogP contribution < -0.4 is 0 Å². The molecule has 3 nitrogen and oxygen atoms in total. The fourth-order valence-electron chi connectivity index (χ4n) is 2.22. The van der Waals surface area contributed by atoms with Crippen molar-refractivity contribution in [3.63, 3.8) is 0 Å². The van der Waals surface area contributed by atoms with Crippen LogP contribution in [0.25, 0.3) is 0 Å². The van der Waals surface area contributed by atoms with E-state index < -0.39 is 18.3 Å². The average molecular weight is 363 g/mol. The van der Waals surface area contributed by atoms with E-state index in [-0.39, 0.29) is 0 Å². The summed E-state index contributed by atoms with van der Waals surface area (Å²) >= 11 is 0. The van der Waals surface area contributed by atoms with Crippen LogP contribution in [0.3, 0.4) is 0 Å². The summed E-state index contributed by atoms with van der Waals surface area (Å²) in [6.45, 7) is 4.21. The predicted octanol–water partition coefficient (Wildman–Crippen LogP) is 5.01. The largest absolute Gasteiger partial charge is 0.390 e. The highest BCUT2D eigenvalue weighted by molar-refractivity contribution is 5.07. The SMILES string of the molecule is CC/C=C\C[C@H](O)[C@H](O)/C=C/C=C/CC/C=C/[C@@H](O)C/C=C\CCCC. The van der Waals surface area contributed by atoms with Crippen LogP contribution in [0.2, 0.25) is 0 Å². The highest BCUT2D eigenvalue weighted by Gasteiger charge is 2.10. The lowest BCUT2D eigenvalue weighted by atomic mass is 10.1. The summed E-state index contributed by atoms with van der Waals surface area (Å²) in [5.41, 5.74) is 0. The quantitative estimate of drug-likeness (QED) is 0.218.